The van der Waals surface area contributed by atoms with Crippen molar-refractivity contribution < 1.29 is 0 Å². The van der Waals surface area contributed by atoms with Crippen molar-refractivity contribution in [3.05, 3.63) is 34.1 Å². The predicted molar refractivity (Wildman–Crippen MR) is 78.1 cm³/mol. The Labute approximate surface area is 121 Å². The van der Waals surface area contributed by atoms with Crippen LogP contribution in [0, 0.1) is 0 Å². The molecule has 0 spiro atoms. The van der Waals surface area contributed by atoms with Crippen molar-refractivity contribution in [3.63, 3.8) is 0 Å². The van der Waals surface area contributed by atoms with Crippen LogP contribution in [-0.2, 0) is 0 Å². The molecular weight excluding hydrogens is 298 g/mol. The maximum atomic E-state index is 4.65. The van der Waals surface area contributed by atoms with Crippen molar-refractivity contribution in [3.8, 4) is 10.7 Å². The summed E-state index contributed by atoms with van der Waals surface area (Å²) < 4.78 is 1.82. The van der Waals surface area contributed by atoms with E-state index in [-0.39, 0.29) is 0 Å². The average Bonchev–Trinajstić information content (AvgIpc) is 3.18. The van der Waals surface area contributed by atoms with Gasteiger partial charge in [0, 0.05) is 17.3 Å². The molecular formula is C11H7N5S3. The molecule has 4 heterocycles. The van der Waals surface area contributed by atoms with Crippen molar-refractivity contribution in [2.45, 2.75) is 5.16 Å². The van der Waals surface area contributed by atoms with E-state index in [9.17, 15) is 0 Å². The number of aromatic nitrogens is 4. The SMILES string of the molecule is c1csc(-c2nnc3n2N=C(c2nccs2)CS3)c1. The van der Waals surface area contributed by atoms with Gasteiger partial charge in [-0.05, 0) is 11.4 Å². The van der Waals surface area contributed by atoms with Gasteiger partial charge in [0.25, 0.3) is 0 Å². The van der Waals surface area contributed by atoms with Crippen molar-refractivity contribution in [1.29, 1.82) is 0 Å². The first-order valence-corrected chi connectivity index (χ1v) is 8.26. The van der Waals surface area contributed by atoms with E-state index >= 15 is 0 Å². The Kier molecular flexibility index (Phi) is 2.71. The van der Waals surface area contributed by atoms with Crippen LogP contribution >= 0.6 is 34.4 Å². The molecule has 5 nitrogen and oxygen atoms in total. The second kappa shape index (κ2) is 4.55. The highest BCUT2D eigenvalue weighted by molar-refractivity contribution is 7.99. The highest BCUT2D eigenvalue weighted by Crippen LogP contribution is 2.30. The molecule has 0 atom stereocenters. The van der Waals surface area contributed by atoms with E-state index in [2.05, 4.69) is 20.3 Å². The molecule has 0 aromatic carbocycles. The third kappa shape index (κ3) is 1.92. The Morgan fingerprint density at radius 1 is 1.16 bits per heavy atom. The van der Waals surface area contributed by atoms with Crippen LogP contribution in [0.4, 0.5) is 0 Å². The van der Waals surface area contributed by atoms with Gasteiger partial charge < -0.3 is 0 Å². The summed E-state index contributed by atoms with van der Waals surface area (Å²) in [4.78, 5) is 5.39. The standard InChI is InChI=1S/C11H7N5S3/c1-2-8(17-4-1)9-13-14-11-16(9)15-7(6-19-11)10-12-3-5-18-10/h1-5H,6H2. The Balaban J connectivity index is 1.84. The molecule has 0 fully saturated rings. The van der Waals surface area contributed by atoms with Crippen molar-refractivity contribution in [2.24, 2.45) is 5.10 Å². The van der Waals surface area contributed by atoms with Crippen LogP contribution in [0.5, 0.6) is 0 Å². The van der Waals surface area contributed by atoms with Crippen LogP contribution < -0.4 is 0 Å². The Morgan fingerprint density at radius 2 is 2.16 bits per heavy atom. The Hall–Kier alpha value is -1.51. The molecule has 0 radical (unpaired) electrons. The summed E-state index contributed by atoms with van der Waals surface area (Å²) in [7, 11) is 0. The second-order valence-electron chi connectivity index (χ2n) is 3.77. The van der Waals surface area contributed by atoms with Gasteiger partial charge in [0.15, 0.2) is 5.82 Å². The zero-order valence-electron chi connectivity index (χ0n) is 9.55. The van der Waals surface area contributed by atoms with Crippen LogP contribution in [0.2, 0.25) is 0 Å². The molecule has 0 amide bonds. The summed E-state index contributed by atoms with van der Waals surface area (Å²) in [5.41, 5.74) is 0.977. The van der Waals surface area contributed by atoms with Gasteiger partial charge in [-0.2, -0.15) is 9.78 Å². The fraction of sp³-hybridized carbons (Fsp3) is 0.0909. The molecule has 3 aromatic rings. The van der Waals surface area contributed by atoms with E-state index in [0.717, 1.165) is 32.3 Å². The van der Waals surface area contributed by atoms with E-state index in [1.807, 2.05) is 27.6 Å². The molecule has 0 aliphatic carbocycles. The zero-order chi connectivity index (χ0) is 12.7. The largest absolute Gasteiger partial charge is 0.243 e. The minimum Gasteiger partial charge on any atom is -0.243 e. The number of thiophene rings is 1. The third-order valence-electron chi connectivity index (χ3n) is 2.59. The lowest BCUT2D eigenvalue weighted by Crippen LogP contribution is -2.13. The molecule has 4 rings (SSSR count). The van der Waals surface area contributed by atoms with Gasteiger partial charge in [0.05, 0.1) is 4.88 Å². The van der Waals surface area contributed by atoms with Crippen LogP contribution in [0.3, 0.4) is 0 Å². The molecule has 0 saturated heterocycles. The molecule has 0 N–H and O–H groups in total. The van der Waals surface area contributed by atoms with Crippen molar-refractivity contribution >= 4 is 40.1 Å². The van der Waals surface area contributed by atoms with E-state index in [1.165, 1.54) is 0 Å². The van der Waals surface area contributed by atoms with Crippen LogP contribution in [0.1, 0.15) is 5.01 Å². The maximum Gasteiger partial charge on any atom is 0.212 e. The average molecular weight is 305 g/mol. The zero-order valence-corrected chi connectivity index (χ0v) is 12.0. The maximum absolute atomic E-state index is 4.65. The number of thioether (sulfide) groups is 1. The van der Waals surface area contributed by atoms with Gasteiger partial charge in [-0.15, -0.1) is 32.9 Å². The third-order valence-corrected chi connectivity index (χ3v) is 5.21. The van der Waals surface area contributed by atoms with E-state index in [1.54, 1.807) is 40.6 Å². The number of hydrogen-bond acceptors (Lipinski definition) is 7. The van der Waals surface area contributed by atoms with Crippen LogP contribution in [-0.4, -0.2) is 31.3 Å². The summed E-state index contributed by atoms with van der Waals surface area (Å²) >= 11 is 4.88. The summed E-state index contributed by atoms with van der Waals surface area (Å²) in [5.74, 6) is 1.59. The van der Waals surface area contributed by atoms with E-state index in [0.29, 0.717) is 0 Å². The van der Waals surface area contributed by atoms with Crippen LogP contribution in [0.25, 0.3) is 10.7 Å². The number of hydrogen-bond donors (Lipinski definition) is 0. The number of thiazole rings is 1. The van der Waals surface area contributed by atoms with Gasteiger partial charge in [-0.1, -0.05) is 17.8 Å². The molecule has 1 aliphatic rings. The van der Waals surface area contributed by atoms with Gasteiger partial charge in [-0.25, -0.2) is 4.98 Å². The summed E-state index contributed by atoms with van der Waals surface area (Å²) in [6.45, 7) is 0. The van der Waals surface area contributed by atoms with Gasteiger partial charge in [-0.3, -0.25) is 0 Å². The predicted octanol–water partition coefficient (Wildman–Crippen LogP) is 2.82. The molecule has 19 heavy (non-hydrogen) atoms. The highest BCUT2D eigenvalue weighted by Gasteiger charge is 2.21. The summed E-state index contributed by atoms with van der Waals surface area (Å²) in [5, 5.41) is 18.9. The molecule has 1 aliphatic heterocycles. The lowest BCUT2D eigenvalue weighted by molar-refractivity contribution is 0.763. The molecule has 0 bridgehead atoms. The molecule has 8 heteroatoms. The van der Waals surface area contributed by atoms with Crippen LogP contribution in [0.15, 0.2) is 39.3 Å². The molecule has 0 saturated carbocycles. The molecule has 0 unspecified atom stereocenters. The molecule has 94 valence electrons. The lowest BCUT2D eigenvalue weighted by Gasteiger charge is -2.11. The normalized spacial score (nSPS) is 14.2. The fourth-order valence-electron chi connectivity index (χ4n) is 1.76. The Bertz CT molecular complexity index is 727. The number of fused-ring (bicyclic) bond motifs is 1. The van der Waals surface area contributed by atoms with E-state index in [4.69, 9.17) is 0 Å². The first-order valence-electron chi connectivity index (χ1n) is 5.51. The number of rotatable bonds is 2. The smallest absolute Gasteiger partial charge is 0.212 e. The summed E-state index contributed by atoms with van der Waals surface area (Å²) in [6, 6.07) is 4.03. The van der Waals surface area contributed by atoms with Crippen molar-refractivity contribution in [1.82, 2.24) is 19.9 Å². The topological polar surface area (TPSA) is 56.0 Å². The first-order chi connectivity index (χ1) is 9.42. The van der Waals surface area contributed by atoms with Gasteiger partial charge >= 0.3 is 0 Å². The summed E-state index contributed by atoms with van der Waals surface area (Å²) in [6.07, 6.45) is 1.80. The number of nitrogens with zero attached hydrogens (tertiary/aromatic N) is 5. The quantitative estimate of drug-likeness (QED) is 0.730. The minimum atomic E-state index is 0.788. The monoisotopic (exact) mass is 305 g/mol. The highest BCUT2D eigenvalue weighted by atomic mass is 32.2. The van der Waals surface area contributed by atoms with E-state index < -0.39 is 0 Å². The van der Waals surface area contributed by atoms with Gasteiger partial charge in [0.1, 0.15) is 10.7 Å². The molecule has 3 aromatic heterocycles. The fourth-order valence-corrected chi connectivity index (χ4v) is 3.97. The second-order valence-corrected chi connectivity index (χ2v) is 6.55. The lowest BCUT2D eigenvalue weighted by atomic mass is 10.4. The minimum absolute atomic E-state index is 0.788. The Morgan fingerprint density at radius 3 is 2.95 bits per heavy atom. The van der Waals surface area contributed by atoms with Crippen molar-refractivity contribution in [2.75, 3.05) is 5.75 Å². The van der Waals surface area contributed by atoms with Gasteiger partial charge in [0.2, 0.25) is 5.16 Å². The first kappa shape index (κ1) is 11.3.